The summed E-state index contributed by atoms with van der Waals surface area (Å²) in [5.74, 6) is -0.262. The van der Waals surface area contributed by atoms with Crippen LogP contribution in [0.25, 0.3) is 0 Å². The van der Waals surface area contributed by atoms with Crippen molar-refractivity contribution in [2.45, 2.75) is 13.5 Å². The lowest BCUT2D eigenvalue weighted by Crippen LogP contribution is -2.07. The first kappa shape index (κ1) is 13.9. The summed E-state index contributed by atoms with van der Waals surface area (Å²) in [5.41, 5.74) is 1.41. The number of methoxy groups -OCH3 is 1. The summed E-state index contributed by atoms with van der Waals surface area (Å²) in [6.07, 6.45) is 1.36. The molecule has 104 valence electrons. The molecule has 0 saturated heterocycles. The van der Waals surface area contributed by atoms with Crippen LogP contribution in [0.1, 0.15) is 21.6 Å². The molecule has 2 aromatic rings. The van der Waals surface area contributed by atoms with Crippen LogP contribution in [0.4, 0.5) is 0 Å². The number of carboxylic acid groups (broad SMARTS) is 1. The van der Waals surface area contributed by atoms with Crippen LogP contribution in [0.5, 0.6) is 11.5 Å². The summed E-state index contributed by atoms with van der Waals surface area (Å²) < 4.78 is 10.9. The third-order valence-electron chi connectivity index (χ3n) is 2.88. The quantitative estimate of drug-likeness (QED) is 0.907. The summed E-state index contributed by atoms with van der Waals surface area (Å²) in [5, 5.41) is 9.08. The Kier molecular flexibility index (Phi) is 4.20. The smallest absolute Gasteiger partial charge is 0.354 e. The van der Waals surface area contributed by atoms with Crippen LogP contribution < -0.4 is 9.47 Å². The number of nitrogens with zero attached hydrogens (tertiary/aromatic N) is 1. The van der Waals surface area contributed by atoms with Crippen molar-refractivity contribution in [2.24, 2.45) is 0 Å². The highest BCUT2D eigenvalue weighted by atomic mass is 16.5. The maximum Gasteiger partial charge on any atom is 0.354 e. The Balaban J connectivity index is 2.29. The largest absolute Gasteiger partial charge is 0.491 e. The highest BCUT2D eigenvalue weighted by molar-refractivity contribution is 5.88. The molecule has 0 spiro atoms. The predicted octanol–water partition coefficient (Wildman–Crippen LogP) is 2.68. The monoisotopic (exact) mass is 273 g/mol. The molecular weight excluding hydrogens is 258 g/mol. The van der Waals surface area contributed by atoms with Gasteiger partial charge in [0, 0.05) is 5.56 Å². The van der Waals surface area contributed by atoms with Gasteiger partial charge in [0.25, 0.3) is 0 Å². The lowest BCUT2D eigenvalue weighted by Gasteiger charge is -2.14. The molecule has 0 bridgehead atoms. The van der Waals surface area contributed by atoms with Crippen molar-refractivity contribution in [1.29, 1.82) is 0 Å². The summed E-state index contributed by atoms with van der Waals surface area (Å²) in [7, 11) is 1.49. The number of ether oxygens (including phenoxy) is 2. The van der Waals surface area contributed by atoms with E-state index in [0.29, 0.717) is 23.7 Å². The summed E-state index contributed by atoms with van der Waals surface area (Å²) in [6, 6.07) is 9.61. The van der Waals surface area contributed by atoms with E-state index in [0.717, 1.165) is 5.56 Å². The topological polar surface area (TPSA) is 68.7 Å². The van der Waals surface area contributed by atoms with Crippen molar-refractivity contribution in [1.82, 2.24) is 4.98 Å². The Morgan fingerprint density at radius 1 is 1.30 bits per heavy atom. The first-order valence-electron chi connectivity index (χ1n) is 6.07. The predicted molar refractivity (Wildman–Crippen MR) is 73.3 cm³/mol. The second kappa shape index (κ2) is 6.06. The molecule has 5 heteroatoms. The Hall–Kier alpha value is -2.56. The zero-order valence-electron chi connectivity index (χ0n) is 11.3. The van der Waals surface area contributed by atoms with Crippen molar-refractivity contribution >= 4 is 5.97 Å². The molecule has 0 amide bonds. The van der Waals surface area contributed by atoms with E-state index in [1.165, 1.54) is 13.3 Å². The van der Waals surface area contributed by atoms with Crippen LogP contribution >= 0.6 is 0 Å². The van der Waals surface area contributed by atoms with Gasteiger partial charge in [0.15, 0.2) is 17.2 Å². The minimum atomic E-state index is -1.09. The van der Waals surface area contributed by atoms with Gasteiger partial charge < -0.3 is 14.6 Å². The van der Waals surface area contributed by atoms with Gasteiger partial charge in [-0.3, -0.25) is 0 Å². The fourth-order valence-corrected chi connectivity index (χ4v) is 1.84. The summed E-state index contributed by atoms with van der Waals surface area (Å²) in [6.45, 7) is 1.99. The molecular formula is C15H15NO4. The number of benzene rings is 1. The number of carbonyl (C=O) groups is 1. The maximum absolute atomic E-state index is 11.1. The van der Waals surface area contributed by atoms with Crippen LogP contribution in [0.2, 0.25) is 0 Å². The van der Waals surface area contributed by atoms with Crippen LogP contribution in [0.3, 0.4) is 0 Å². The molecule has 0 aliphatic rings. The SMILES string of the molecule is COc1cnc(C(=O)O)c(C)c1OCc1ccccc1. The molecule has 2 rings (SSSR count). The fraction of sp³-hybridized carbons (Fsp3) is 0.200. The Labute approximate surface area is 116 Å². The van der Waals surface area contributed by atoms with E-state index in [1.807, 2.05) is 30.3 Å². The summed E-state index contributed by atoms with van der Waals surface area (Å²) >= 11 is 0. The van der Waals surface area contributed by atoms with Gasteiger partial charge >= 0.3 is 5.97 Å². The zero-order valence-corrected chi connectivity index (χ0v) is 11.3. The van der Waals surface area contributed by atoms with Gasteiger partial charge in [-0.1, -0.05) is 30.3 Å². The molecule has 1 N–H and O–H groups in total. The van der Waals surface area contributed by atoms with Gasteiger partial charge in [-0.15, -0.1) is 0 Å². The first-order chi connectivity index (χ1) is 9.63. The second-order valence-electron chi connectivity index (χ2n) is 4.21. The van der Waals surface area contributed by atoms with Crippen LogP contribution in [0, 0.1) is 6.92 Å². The van der Waals surface area contributed by atoms with E-state index in [2.05, 4.69) is 4.98 Å². The van der Waals surface area contributed by atoms with Crippen molar-refractivity contribution < 1.29 is 19.4 Å². The normalized spacial score (nSPS) is 10.1. The lowest BCUT2D eigenvalue weighted by molar-refractivity contribution is 0.0688. The molecule has 1 aromatic carbocycles. The van der Waals surface area contributed by atoms with Gasteiger partial charge in [0.2, 0.25) is 0 Å². The number of aromatic carboxylic acids is 1. The van der Waals surface area contributed by atoms with Gasteiger partial charge in [0.05, 0.1) is 13.3 Å². The molecule has 0 radical (unpaired) electrons. The van der Waals surface area contributed by atoms with E-state index in [-0.39, 0.29) is 5.69 Å². The van der Waals surface area contributed by atoms with E-state index in [9.17, 15) is 4.79 Å². The molecule has 1 heterocycles. The molecule has 0 unspecified atom stereocenters. The maximum atomic E-state index is 11.1. The van der Waals surface area contributed by atoms with Crippen molar-refractivity contribution in [3.8, 4) is 11.5 Å². The number of hydrogen-bond donors (Lipinski definition) is 1. The summed E-state index contributed by atoms with van der Waals surface area (Å²) in [4.78, 5) is 14.9. The Bertz CT molecular complexity index is 611. The molecule has 5 nitrogen and oxygen atoms in total. The molecule has 0 aliphatic carbocycles. The molecule has 20 heavy (non-hydrogen) atoms. The van der Waals surface area contributed by atoms with Crippen LogP contribution in [-0.4, -0.2) is 23.2 Å². The van der Waals surface area contributed by atoms with E-state index >= 15 is 0 Å². The number of pyridine rings is 1. The van der Waals surface area contributed by atoms with Crippen molar-refractivity contribution in [2.75, 3.05) is 7.11 Å². The van der Waals surface area contributed by atoms with Gasteiger partial charge in [-0.25, -0.2) is 9.78 Å². The minimum Gasteiger partial charge on any atom is -0.491 e. The average Bonchev–Trinajstić information content (AvgIpc) is 2.46. The number of hydrogen-bond acceptors (Lipinski definition) is 4. The minimum absolute atomic E-state index is 0.0335. The van der Waals surface area contributed by atoms with Crippen molar-refractivity contribution in [3.63, 3.8) is 0 Å². The molecule has 0 atom stereocenters. The molecule has 1 aromatic heterocycles. The Morgan fingerprint density at radius 2 is 2.00 bits per heavy atom. The molecule has 0 fully saturated rings. The molecule has 0 aliphatic heterocycles. The van der Waals surface area contributed by atoms with E-state index in [4.69, 9.17) is 14.6 Å². The highest BCUT2D eigenvalue weighted by Crippen LogP contribution is 2.32. The highest BCUT2D eigenvalue weighted by Gasteiger charge is 2.17. The molecule has 0 saturated carbocycles. The zero-order chi connectivity index (χ0) is 14.5. The number of rotatable bonds is 5. The fourth-order valence-electron chi connectivity index (χ4n) is 1.84. The van der Waals surface area contributed by atoms with Crippen molar-refractivity contribution in [3.05, 3.63) is 53.3 Å². The van der Waals surface area contributed by atoms with Gasteiger partial charge in [-0.05, 0) is 12.5 Å². The van der Waals surface area contributed by atoms with Crippen LogP contribution in [-0.2, 0) is 6.61 Å². The standard InChI is InChI=1S/C15H15NO4/c1-10-13(15(17)18)16-8-12(19-2)14(10)20-9-11-6-4-3-5-7-11/h3-8H,9H2,1-2H3,(H,17,18). The first-order valence-corrected chi connectivity index (χ1v) is 6.07. The van der Waals surface area contributed by atoms with Gasteiger partial charge in [0.1, 0.15) is 6.61 Å². The Morgan fingerprint density at radius 3 is 2.60 bits per heavy atom. The van der Waals surface area contributed by atoms with E-state index in [1.54, 1.807) is 6.92 Å². The second-order valence-corrected chi connectivity index (χ2v) is 4.21. The lowest BCUT2D eigenvalue weighted by atomic mass is 10.2. The average molecular weight is 273 g/mol. The third kappa shape index (κ3) is 2.88. The third-order valence-corrected chi connectivity index (χ3v) is 2.88. The van der Waals surface area contributed by atoms with Gasteiger partial charge in [-0.2, -0.15) is 0 Å². The number of carboxylic acids is 1. The van der Waals surface area contributed by atoms with E-state index < -0.39 is 5.97 Å². The number of aromatic nitrogens is 1. The van der Waals surface area contributed by atoms with Crippen LogP contribution in [0.15, 0.2) is 36.5 Å².